The molecule has 1 aromatic heterocycles. The van der Waals surface area contributed by atoms with Crippen LogP contribution in [-0.4, -0.2) is 21.2 Å². The Labute approximate surface area is 101 Å². The van der Waals surface area contributed by atoms with Crippen molar-refractivity contribution in [1.29, 1.82) is 0 Å². The van der Waals surface area contributed by atoms with Gasteiger partial charge in [-0.05, 0) is 19.8 Å². The molecule has 5 heteroatoms. The van der Waals surface area contributed by atoms with Crippen molar-refractivity contribution in [2.75, 3.05) is 0 Å². The van der Waals surface area contributed by atoms with Gasteiger partial charge >= 0.3 is 0 Å². The van der Waals surface area contributed by atoms with E-state index in [9.17, 15) is 4.79 Å². The fraction of sp³-hybridized carbons (Fsp3) is 0.667. The predicted molar refractivity (Wildman–Crippen MR) is 65.2 cm³/mol. The maximum atomic E-state index is 12.0. The largest absolute Gasteiger partial charge is 0.350 e. The maximum Gasteiger partial charge on any atom is 0.240 e. The molecule has 0 spiro atoms. The van der Waals surface area contributed by atoms with E-state index in [4.69, 9.17) is 5.73 Å². The molecule has 5 nitrogen and oxygen atoms in total. The number of amides is 1. The van der Waals surface area contributed by atoms with Crippen molar-refractivity contribution in [3.63, 3.8) is 0 Å². The number of carbonyl (C=O) groups excluding carboxylic acids is 1. The number of nitrogens with zero attached hydrogens (tertiary/aromatic N) is 2. The molecule has 1 aromatic rings. The Kier molecular flexibility index (Phi) is 3.19. The lowest BCUT2D eigenvalue weighted by molar-refractivity contribution is -0.126. The quantitative estimate of drug-likeness (QED) is 0.808. The minimum absolute atomic E-state index is 0.0294. The third-order valence-corrected chi connectivity index (χ3v) is 3.50. The molecule has 2 rings (SSSR count). The van der Waals surface area contributed by atoms with Crippen LogP contribution in [0.4, 0.5) is 0 Å². The van der Waals surface area contributed by atoms with Crippen LogP contribution in [0.3, 0.4) is 0 Å². The molecule has 0 radical (unpaired) electrons. The molecule has 1 heterocycles. The monoisotopic (exact) mass is 236 g/mol. The van der Waals surface area contributed by atoms with Crippen LogP contribution in [0.5, 0.6) is 0 Å². The zero-order chi connectivity index (χ0) is 12.5. The van der Waals surface area contributed by atoms with Crippen molar-refractivity contribution >= 4 is 5.91 Å². The number of nitrogens with one attached hydrogen (secondary N) is 1. The SMILES string of the molecule is Cc1nn(C)cc1CNC(=O)C1(N)CCCC1. The number of carbonyl (C=O) groups is 1. The van der Waals surface area contributed by atoms with E-state index in [0.717, 1.165) is 36.9 Å². The Hall–Kier alpha value is -1.36. The first kappa shape index (κ1) is 12.1. The summed E-state index contributed by atoms with van der Waals surface area (Å²) in [6.07, 6.45) is 5.62. The van der Waals surface area contributed by atoms with Crippen LogP contribution in [0.15, 0.2) is 6.20 Å². The smallest absolute Gasteiger partial charge is 0.240 e. The van der Waals surface area contributed by atoms with Crippen molar-refractivity contribution in [3.8, 4) is 0 Å². The number of hydrogen-bond donors (Lipinski definition) is 2. The molecule has 1 aliphatic rings. The van der Waals surface area contributed by atoms with Crippen molar-refractivity contribution in [1.82, 2.24) is 15.1 Å². The molecular weight excluding hydrogens is 216 g/mol. The van der Waals surface area contributed by atoms with E-state index in [2.05, 4.69) is 10.4 Å². The Morgan fingerprint density at radius 3 is 2.76 bits per heavy atom. The number of aryl methyl sites for hydroxylation is 2. The van der Waals surface area contributed by atoms with Crippen LogP contribution >= 0.6 is 0 Å². The number of aromatic nitrogens is 2. The number of hydrogen-bond acceptors (Lipinski definition) is 3. The predicted octanol–water partition coefficient (Wildman–Crippen LogP) is 0.616. The maximum absolute atomic E-state index is 12.0. The fourth-order valence-corrected chi connectivity index (χ4v) is 2.41. The summed E-state index contributed by atoms with van der Waals surface area (Å²) in [5, 5.41) is 7.16. The second-order valence-corrected chi connectivity index (χ2v) is 4.96. The first-order valence-corrected chi connectivity index (χ1v) is 6.07. The molecule has 0 aliphatic heterocycles. The summed E-state index contributed by atoms with van der Waals surface area (Å²) in [4.78, 5) is 12.0. The molecule has 1 fully saturated rings. The molecule has 94 valence electrons. The summed E-state index contributed by atoms with van der Waals surface area (Å²) in [6, 6.07) is 0. The molecule has 1 aliphatic carbocycles. The van der Waals surface area contributed by atoms with E-state index >= 15 is 0 Å². The van der Waals surface area contributed by atoms with Crippen LogP contribution in [0.2, 0.25) is 0 Å². The second kappa shape index (κ2) is 4.49. The first-order valence-electron chi connectivity index (χ1n) is 6.07. The minimum atomic E-state index is -0.643. The van der Waals surface area contributed by atoms with Crippen molar-refractivity contribution in [3.05, 3.63) is 17.5 Å². The normalized spacial score (nSPS) is 18.3. The van der Waals surface area contributed by atoms with Gasteiger partial charge in [-0.15, -0.1) is 0 Å². The zero-order valence-electron chi connectivity index (χ0n) is 10.5. The Morgan fingerprint density at radius 2 is 2.24 bits per heavy atom. The van der Waals surface area contributed by atoms with Gasteiger partial charge in [0.25, 0.3) is 0 Å². The van der Waals surface area contributed by atoms with Gasteiger partial charge < -0.3 is 11.1 Å². The second-order valence-electron chi connectivity index (χ2n) is 4.96. The van der Waals surface area contributed by atoms with E-state index in [1.165, 1.54) is 0 Å². The number of rotatable bonds is 3. The van der Waals surface area contributed by atoms with Gasteiger partial charge in [-0.1, -0.05) is 12.8 Å². The summed E-state index contributed by atoms with van der Waals surface area (Å²) >= 11 is 0. The molecule has 0 unspecified atom stereocenters. The number of nitrogens with two attached hydrogens (primary N) is 1. The highest BCUT2D eigenvalue weighted by Crippen LogP contribution is 2.27. The lowest BCUT2D eigenvalue weighted by Gasteiger charge is -2.22. The van der Waals surface area contributed by atoms with Crippen molar-refractivity contribution in [2.24, 2.45) is 12.8 Å². The van der Waals surface area contributed by atoms with Gasteiger partial charge in [0, 0.05) is 25.4 Å². The van der Waals surface area contributed by atoms with Crippen LogP contribution in [0.25, 0.3) is 0 Å². The summed E-state index contributed by atoms with van der Waals surface area (Å²) in [7, 11) is 1.87. The van der Waals surface area contributed by atoms with Gasteiger partial charge in [0.15, 0.2) is 0 Å². The molecule has 0 saturated heterocycles. The van der Waals surface area contributed by atoms with E-state index in [1.807, 2.05) is 20.2 Å². The van der Waals surface area contributed by atoms with Crippen molar-refractivity contribution in [2.45, 2.75) is 44.7 Å². The minimum Gasteiger partial charge on any atom is -0.350 e. The molecule has 3 N–H and O–H groups in total. The van der Waals surface area contributed by atoms with Crippen LogP contribution in [0.1, 0.15) is 36.9 Å². The standard InChI is InChI=1S/C12H20N4O/c1-9-10(8-16(2)15-9)7-14-11(17)12(13)5-3-4-6-12/h8H,3-7,13H2,1-2H3,(H,14,17). The van der Waals surface area contributed by atoms with Gasteiger partial charge in [-0.25, -0.2) is 0 Å². The Morgan fingerprint density at radius 1 is 1.59 bits per heavy atom. The molecule has 1 saturated carbocycles. The average Bonchev–Trinajstić information content (AvgIpc) is 2.83. The van der Waals surface area contributed by atoms with Crippen molar-refractivity contribution < 1.29 is 4.79 Å². The summed E-state index contributed by atoms with van der Waals surface area (Å²) in [5.41, 5.74) is 7.43. The highest BCUT2D eigenvalue weighted by molar-refractivity contribution is 5.86. The zero-order valence-corrected chi connectivity index (χ0v) is 10.5. The summed E-state index contributed by atoms with van der Waals surface area (Å²) in [5.74, 6) is -0.0294. The molecule has 17 heavy (non-hydrogen) atoms. The highest BCUT2D eigenvalue weighted by Gasteiger charge is 2.36. The topological polar surface area (TPSA) is 72.9 Å². The molecular formula is C12H20N4O. The van der Waals surface area contributed by atoms with E-state index < -0.39 is 5.54 Å². The summed E-state index contributed by atoms with van der Waals surface area (Å²) in [6.45, 7) is 2.45. The summed E-state index contributed by atoms with van der Waals surface area (Å²) < 4.78 is 1.75. The van der Waals surface area contributed by atoms with Gasteiger partial charge in [0.1, 0.15) is 0 Å². The fourth-order valence-electron chi connectivity index (χ4n) is 2.41. The molecule has 0 aromatic carbocycles. The van der Waals surface area contributed by atoms with Gasteiger partial charge in [0.2, 0.25) is 5.91 Å². The van der Waals surface area contributed by atoms with E-state index in [0.29, 0.717) is 6.54 Å². The lowest BCUT2D eigenvalue weighted by Crippen LogP contribution is -2.51. The molecule has 0 atom stereocenters. The third-order valence-electron chi connectivity index (χ3n) is 3.50. The van der Waals surface area contributed by atoms with Crippen LogP contribution < -0.4 is 11.1 Å². The van der Waals surface area contributed by atoms with Crippen LogP contribution in [-0.2, 0) is 18.4 Å². The third kappa shape index (κ3) is 2.49. The van der Waals surface area contributed by atoms with E-state index in [1.54, 1.807) is 4.68 Å². The Bertz CT molecular complexity index is 418. The lowest BCUT2D eigenvalue weighted by atomic mass is 9.98. The molecule has 1 amide bonds. The van der Waals surface area contributed by atoms with E-state index in [-0.39, 0.29) is 5.91 Å². The van der Waals surface area contributed by atoms with Crippen LogP contribution in [0, 0.1) is 6.92 Å². The van der Waals surface area contributed by atoms with Gasteiger partial charge in [-0.2, -0.15) is 5.10 Å². The average molecular weight is 236 g/mol. The highest BCUT2D eigenvalue weighted by atomic mass is 16.2. The Balaban J connectivity index is 1.94. The van der Waals surface area contributed by atoms with Gasteiger partial charge in [-0.3, -0.25) is 9.48 Å². The van der Waals surface area contributed by atoms with Gasteiger partial charge in [0.05, 0.1) is 11.2 Å². The molecule has 0 bridgehead atoms. The first-order chi connectivity index (χ1) is 8.01.